The van der Waals surface area contributed by atoms with Crippen molar-refractivity contribution in [2.24, 2.45) is 5.16 Å². The minimum absolute atomic E-state index is 0.0719. The average Bonchev–Trinajstić information content (AvgIpc) is 3.02. The van der Waals surface area contributed by atoms with E-state index in [9.17, 15) is 14.4 Å². The fraction of sp³-hybridized carbons (Fsp3) is 0.308. The SMILES string of the molecule is CO/N=C(\C(=O)NC1C(=O)N2C(C(=O)O)=CCSC12)c1csc(N)n1. The number of hydrogen-bond donors (Lipinski definition) is 3. The Hall–Kier alpha value is -2.60. The minimum Gasteiger partial charge on any atom is -0.477 e. The number of carbonyl (C=O) groups is 3. The lowest BCUT2D eigenvalue weighted by atomic mass is 10.0. The van der Waals surface area contributed by atoms with Gasteiger partial charge in [0, 0.05) is 11.1 Å². The van der Waals surface area contributed by atoms with E-state index in [0.29, 0.717) is 5.75 Å². The zero-order valence-electron chi connectivity index (χ0n) is 12.8. The van der Waals surface area contributed by atoms with E-state index in [-0.39, 0.29) is 22.2 Å². The Bertz CT molecular complexity index is 804. The summed E-state index contributed by atoms with van der Waals surface area (Å²) in [6.45, 7) is 0. The summed E-state index contributed by atoms with van der Waals surface area (Å²) < 4.78 is 0. The maximum absolute atomic E-state index is 12.5. The number of thiazole rings is 1. The summed E-state index contributed by atoms with van der Waals surface area (Å²) in [4.78, 5) is 45.7. The van der Waals surface area contributed by atoms with Crippen molar-refractivity contribution in [3.8, 4) is 0 Å². The van der Waals surface area contributed by atoms with Gasteiger partial charge in [-0.15, -0.1) is 23.1 Å². The largest absolute Gasteiger partial charge is 0.477 e. The average molecular weight is 383 g/mol. The number of thioether (sulfide) groups is 1. The summed E-state index contributed by atoms with van der Waals surface area (Å²) in [6, 6.07) is -0.849. The number of oxime groups is 1. The molecule has 1 saturated heterocycles. The minimum atomic E-state index is -1.18. The Balaban J connectivity index is 1.75. The molecule has 2 aliphatic rings. The van der Waals surface area contributed by atoms with E-state index in [1.807, 2.05) is 0 Å². The van der Waals surface area contributed by atoms with Crippen LogP contribution in [0.4, 0.5) is 5.13 Å². The van der Waals surface area contributed by atoms with Gasteiger partial charge in [-0.3, -0.25) is 14.5 Å². The molecule has 0 aromatic carbocycles. The van der Waals surface area contributed by atoms with Crippen molar-refractivity contribution in [3.63, 3.8) is 0 Å². The zero-order chi connectivity index (χ0) is 18.1. The molecule has 25 heavy (non-hydrogen) atoms. The second kappa shape index (κ2) is 6.72. The lowest BCUT2D eigenvalue weighted by molar-refractivity contribution is -0.150. The van der Waals surface area contributed by atoms with Gasteiger partial charge in [-0.1, -0.05) is 5.16 Å². The Morgan fingerprint density at radius 1 is 1.56 bits per heavy atom. The number of nitrogen functional groups attached to an aromatic ring is 1. The summed E-state index contributed by atoms with van der Waals surface area (Å²) in [5, 5.41) is 16.7. The molecule has 0 aliphatic carbocycles. The van der Waals surface area contributed by atoms with Crippen LogP contribution in [0.5, 0.6) is 0 Å². The van der Waals surface area contributed by atoms with Gasteiger partial charge in [0.15, 0.2) is 10.8 Å². The van der Waals surface area contributed by atoms with Crippen LogP contribution in [0.3, 0.4) is 0 Å². The van der Waals surface area contributed by atoms with Crippen molar-refractivity contribution in [2.45, 2.75) is 11.4 Å². The van der Waals surface area contributed by atoms with Crippen molar-refractivity contribution in [3.05, 3.63) is 22.8 Å². The summed E-state index contributed by atoms with van der Waals surface area (Å²) >= 11 is 2.49. The van der Waals surface area contributed by atoms with E-state index in [1.54, 1.807) is 5.38 Å². The topological polar surface area (TPSA) is 147 Å². The third-order valence-electron chi connectivity index (χ3n) is 3.51. The number of rotatable bonds is 5. The highest BCUT2D eigenvalue weighted by Crippen LogP contribution is 2.37. The van der Waals surface area contributed by atoms with Crippen molar-refractivity contribution < 1.29 is 24.3 Å². The molecule has 0 spiro atoms. The molecule has 10 nitrogen and oxygen atoms in total. The standard InChI is InChI=1S/C13H13N5O5S2/c1-23-17-7(5-4-25-13(14)15-5)9(19)16-8-10(20)18-6(12(21)22)2-3-24-11(8)18/h2,4,8,11H,3H2,1H3,(H2,14,15)(H,16,19)(H,21,22)/b17-7-. The second-order valence-corrected chi connectivity index (χ2v) is 7.01. The van der Waals surface area contributed by atoms with Crippen LogP contribution in [0.25, 0.3) is 0 Å². The smallest absolute Gasteiger partial charge is 0.352 e. The number of carbonyl (C=O) groups excluding carboxylic acids is 2. The fourth-order valence-corrected chi connectivity index (χ4v) is 4.18. The highest BCUT2D eigenvalue weighted by Gasteiger charge is 2.53. The van der Waals surface area contributed by atoms with Crippen LogP contribution >= 0.6 is 23.1 Å². The maximum atomic E-state index is 12.5. The van der Waals surface area contributed by atoms with Crippen LogP contribution in [0, 0.1) is 0 Å². The molecule has 1 aromatic rings. The van der Waals surface area contributed by atoms with Crippen LogP contribution in [0.1, 0.15) is 5.69 Å². The van der Waals surface area contributed by atoms with Gasteiger partial charge >= 0.3 is 5.97 Å². The van der Waals surface area contributed by atoms with Crippen molar-refractivity contribution >= 4 is 51.7 Å². The molecule has 2 aliphatic heterocycles. The molecule has 2 amide bonds. The van der Waals surface area contributed by atoms with Crippen LogP contribution in [-0.4, -0.2) is 62.8 Å². The van der Waals surface area contributed by atoms with Gasteiger partial charge < -0.3 is 21.0 Å². The first-order valence-electron chi connectivity index (χ1n) is 6.95. The molecular weight excluding hydrogens is 370 g/mol. The predicted molar refractivity (Wildman–Crippen MR) is 90.8 cm³/mol. The number of carboxylic acids is 1. The molecule has 132 valence electrons. The molecule has 2 unspecified atom stereocenters. The number of carboxylic acid groups (broad SMARTS) is 1. The van der Waals surface area contributed by atoms with Gasteiger partial charge in [0.2, 0.25) is 0 Å². The highest BCUT2D eigenvalue weighted by molar-refractivity contribution is 8.00. The lowest BCUT2D eigenvalue weighted by Gasteiger charge is -2.48. The van der Waals surface area contributed by atoms with Gasteiger partial charge in [-0.25, -0.2) is 9.78 Å². The molecular formula is C13H13N5O5S2. The first-order chi connectivity index (χ1) is 11.9. The Morgan fingerprint density at radius 2 is 2.32 bits per heavy atom. The van der Waals surface area contributed by atoms with Crippen molar-refractivity contribution in [1.82, 2.24) is 15.2 Å². The molecule has 3 rings (SSSR count). The van der Waals surface area contributed by atoms with Crippen LogP contribution in [0.15, 0.2) is 22.3 Å². The second-order valence-electron chi connectivity index (χ2n) is 4.97. The van der Waals surface area contributed by atoms with Crippen molar-refractivity contribution in [1.29, 1.82) is 0 Å². The van der Waals surface area contributed by atoms with E-state index in [4.69, 9.17) is 10.8 Å². The van der Waals surface area contributed by atoms with Crippen LogP contribution in [-0.2, 0) is 19.2 Å². The molecule has 0 radical (unpaired) electrons. The maximum Gasteiger partial charge on any atom is 0.352 e. The van der Waals surface area contributed by atoms with E-state index < -0.39 is 29.2 Å². The van der Waals surface area contributed by atoms with Crippen LogP contribution in [0.2, 0.25) is 0 Å². The number of amides is 2. The predicted octanol–water partition coefficient (Wildman–Crippen LogP) is -0.556. The number of β-lactam (4-membered cyclic amide) rings is 1. The molecule has 2 atom stereocenters. The molecule has 12 heteroatoms. The molecule has 1 aromatic heterocycles. The number of nitrogens with one attached hydrogen (secondary N) is 1. The van der Waals surface area contributed by atoms with Gasteiger partial charge in [-0.05, 0) is 6.08 Å². The Morgan fingerprint density at radius 3 is 2.92 bits per heavy atom. The Labute approximate surface area is 149 Å². The van der Waals surface area contributed by atoms with Crippen LogP contribution < -0.4 is 11.1 Å². The summed E-state index contributed by atoms with van der Waals surface area (Å²) in [5.74, 6) is -1.89. The number of anilines is 1. The van der Waals surface area contributed by atoms with E-state index >= 15 is 0 Å². The Kier molecular flexibility index (Phi) is 4.63. The third-order valence-corrected chi connectivity index (χ3v) is 5.37. The normalized spacial score (nSPS) is 22.6. The summed E-state index contributed by atoms with van der Waals surface area (Å²) in [6.07, 6.45) is 1.47. The molecule has 0 saturated carbocycles. The third kappa shape index (κ3) is 3.05. The zero-order valence-corrected chi connectivity index (χ0v) is 14.5. The quantitative estimate of drug-likeness (QED) is 0.348. The molecule has 4 N–H and O–H groups in total. The number of nitrogens with zero attached hydrogens (tertiary/aromatic N) is 3. The van der Waals surface area contributed by atoms with E-state index in [2.05, 4.69) is 20.3 Å². The first-order valence-corrected chi connectivity index (χ1v) is 8.88. The molecule has 1 fully saturated rings. The fourth-order valence-electron chi connectivity index (χ4n) is 2.44. The van der Waals surface area contributed by atoms with E-state index in [0.717, 1.165) is 16.2 Å². The molecule has 0 bridgehead atoms. The summed E-state index contributed by atoms with van der Waals surface area (Å²) in [7, 11) is 1.28. The molecule has 3 heterocycles. The number of hydrogen-bond acceptors (Lipinski definition) is 9. The highest BCUT2D eigenvalue weighted by atomic mass is 32.2. The number of aliphatic carboxylic acids is 1. The van der Waals surface area contributed by atoms with E-state index in [1.165, 1.54) is 24.9 Å². The number of fused-ring (bicyclic) bond motifs is 1. The number of nitrogens with two attached hydrogens (primary N) is 1. The van der Waals surface area contributed by atoms with Gasteiger partial charge in [0.1, 0.15) is 29.9 Å². The summed E-state index contributed by atoms with van der Waals surface area (Å²) in [5.41, 5.74) is 5.60. The van der Waals surface area contributed by atoms with Gasteiger partial charge in [0.25, 0.3) is 11.8 Å². The van der Waals surface area contributed by atoms with Gasteiger partial charge in [0.05, 0.1) is 0 Å². The van der Waals surface area contributed by atoms with Crippen molar-refractivity contribution in [2.75, 3.05) is 18.6 Å². The number of aromatic nitrogens is 1. The first kappa shape index (κ1) is 17.2. The monoisotopic (exact) mass is 383 g/mol. The lowest BCUT2D eigenvalue weighted by Crippen LogP contribution is -2.70. The van der Waals surface area contributed by atoms with Gasteiger partial charge in [-0.2, -0.15) is 0 Å².